The zero-order valence-electron chi connectivity index (χ0n) is 9.85. The Hall–Kier alpha value is -1.04. The SMILES string of the molecule is CN(C(=O)c1cc(Cl)cn1C)[C@H]1CNC[C@@H]1O. The molecule has 0 aromatic carbocycles. The van der Waals surface area contributed by atoms with E-state index >= 15 is 0 Å². The fourth-order valence-corrected chi connectivity index (χ4v) is 2.36. The summed E-state index contributed by atoms with van der Waals surface area (Å²) in [6.45, 7) is 1.14. The van der Waals surface area contributed by atoms with Gasteiger partial charge in [0.15, 0.2) is 0 Å². The quantitative estimate of drug-likeness (QED) is 0.789. The maximum absolute atomic E-state index is 12.2. The molecular weight excluding hydrogens is 242 g/mol. The number of hydrogen-bond acceptors (Lipinski definition) is 3. The lowest BCUT2D eigenvalue weighted by Gasteiger charge is -2.26. The molecular formula is C11H16ClN3O2. The fraction of sp³-hybridized carbons (Fsp3) is 0.545. The number of nitrogens with one attached hydrogen (secondary N) is 1. The molecule has 1 aromatic rings. The van der Waals surface area contributed by atoms with Gasteiger partial charge in [-0.15, -0.1) is 0 Å². The zero-order valence-corrected chi connectivity index (χ0v) is 10.6. The van der Waals surface area contributed by atoms with Crippen molar-refractivity contribution in [3.63, 3.8) is 0 Å². The molecule has 5 nitrogen and oxygen atoms in total. The normalized spacial score (nSPS) is 24.0. The number of nitrogens with zero attached hydrogens (tertiary/aromatic N) is 2. The number of hydrogen-bond donors (Lipinski definition) is 2. The number of halogens is 1. The number of aliphatic hydroxyl groups excluding tert-OH is 1. The van der Waals surface area contributed by atoms with E-state index in [1.54, 1.807) is 35.8 Å². The van der Waals surface area contributed by atoms with Gasteiger partial charge in [0.25, 0.3) is 5.91 Å². The molecule has 0 saturated carbocycles. The minimum atomic E-state index is -0.514. The Bertz CT molecular complexity index is 432. The summed E-state index contributed by atoms with van der Waals surface area (Å²) in [5.41, 5.74) is 0.525. The number of aromatic nitrogens is 1. The van der Waals surface area contributed by atoms with Crippen LogP contribution >= 0.6 is 11.6 Å². The summed E-state index contributed by atoms with van der Waals surface area (Å²) >= 11 is 5.85. The summed E-state index contributed by atoms with van der Waals surface area (Å²) < 4.78 is 1.69. The van der Waals surface area contributed by atoms with Gasteiger partial charge in [-0.1, -0.05) is 11.6 Å². The molecule has 6 heteroatoms. The number of likely N-dealkylation sites (N-methyl/N-ethyl adjacent to an activating group) is 1. The molecule has 0 unspecified atom stereocenters. The van der Waals surface area contributed by atoms with E-state index in [1.165, 1.54) is 0 Å². The van der Waals surface area contributed by atoms with Crippen molar-refractivity contribution in [1.82, 2.24) is 14.8 Å². The molecule has 0 bridgehead atoms. The van der Waals surface area contributed by atoms with E-state index in [-0.39, 0.29) is 11.9 Å². The summed E-state index contributed by atoms with van der Waals surface area (Å²) in [5, 5.41) is 13.3. The second-order valence-corrected chi connectivity index (χ2v) is 4.80. The average molecular weight is 258 g/mol. The molecule has 2 N–H and O–H groups in total. The summed E-state index contributed by atoms with van der Waals surface area (Å²) in [5.74, 6) is -0.132. The van der Waals surface area contributed by atoms with Crippen molar-refractivity contribution in [1.29, 1.82) is 0 Å². The predicted octanol–water partition coefficient (Wildman–Crippen LogP) is 0.0832. The van der Waals surface area contributed by atoms with Crippen molar-refractivity contribution in [3.05, 3.63) is 23.0 Å². The first-order valence-electron chi connectivity index (χ1n) is 5.48. The molecule has 2 rings (SSSR count). The fourth-order valence-electron chi connectivity index (χ4n) is 2.11. The minimum absolute atomic E-state index is 0.132. The highest BCUT2D eigenvalue weighted by Gasteiger charge is 2.32. The maximum atomic E-state index is 12.2. The summed E-state index contributed by atoms with van der Waals surface area (Å²) in [4.78, 5) is 13.8. The van der Waals surface area contributed by atoms with Crippen LogP contribution in [0.25, 0.3) is 0 Å². The number of amides is 1. The van der Waals surface area contributed by atoms with Crippen molar-refractivity contribution in [2.24, 2.45) is 7.05 Å². The molecule has 0 radical (unpaired) electrons. The molecule has 2 heterocycles. The Morgan fingerprint density at radius 3 is 2.82 bits per heavy atom. The summed E-state index contributed by atoms with van der Waals surface area (Å²) in [7, 11) is 3.47. The lowest BCUT2D eigenvalue weighted by molar-refractivity contribution is 0.0572. The predicted molar refractivity (Wildman–Crippen MR) is 65.2 cm³/mol. The van der Waals surface area contributed by atoms with E-state index < -0.39 is 6.10 Å². The molecule has 2 atom stereocenters. The molecule has 94 valence electrons. The molecule has 1 aromatic heterocycles. The molecule has 1 aliphatic rings. The van der Waals surface area contributed by atoms with Crippen LogP contribution in [0.2, 0.25) is 5.02 Å². The summed E-state index contributed by atoms with van der Waals surface area (Å²) in [6.07, 6.45) is 1.17. The smallest absolute Gasteiger partial charge is 0.270 e. The Morgan fingerprint density at radius 2 is 2.35 bits per heavy atom. The standard InChI is InChI=1S/C11H16ClN3O2/c1-14-6-7(12)3-8(14)11(17)15(2)9-4-13-5-10(9)16/h3,6,9-10,13,16H,4-5H2,1-2H3/t9-,10-/m0/s1. The van der Waals surface area contributed by atoms with E-state index in [0.717, 1.165) is 0 Å². The van der Waals surface area contributed by atoms with Gasteiger partial charge < -0.3 is 19.9 Å². The van der Waals surface area contributed by atoms with Crippen molar-refractivity contribution in [2.75, 3.05) is 20.1 Å². The number of β-amino-alcohol motifs (C(OH)–C–C–N with tert-alkyl or cyclic N) is 1. The van der Waals surface area contributed by atoms with E-state index in [9.17, 15) is 9.90 Å². The third-order valence-electron chi connectivity index (χ3n) is 3.16. The Balaban J connectivity index is 2.17. The van der Waals surface area contributed by atoms with E-state index in [0.29, 0.717) is 23.8 Å². The van der Waals surface area contributed by atoms with Crippen LogP contribution < -0.4 is 5.32 Å². The molecule has 17 heavy (non-hydrogen) atoms. The van der Waals surface area contributed by atoms with Gasteiger partial charge in [-0.05, 0) is 6.07 Å². The van der Waals surface area contributed by atoms with Gasteiger partial charge in [0.2, 0.25) is 0 Å². The molecule has 1 saturated heterocycles. The number of aliphatic hydroxyl groups is 1. The van der Waals surface area contributed by atoms with Crippen molar-refractivity contribution >= 4 is 17.5 Å². The van der Waals surface area contributed by atoms with Crippen LogP contribution in [-0.4, -0.2) is 52.8 Å². The number of carbonyl (C=O) groups excluding carboxylic acids is 1. The lowest BCUT2D eigenvalue weighted by Crippen LogP contribution is -2.44. The van der Waals surface area contributed by atoms with Crippen LogP contribution in [0.3, 0.4) is 0 Å². The molecule has 1 fully saturated rings. The van der Waals surface area contributed by atoms with E-state index in [1.807, 2.05) is 0 Å². The van der Waals surface area contributed by atoms with E-state index in [2.05, 4.69) is 5.32 Å². The molecule has 0 spiro atoms. The first-order chi connectivity index (χ1) is 8.00. The zero-order chi connectivity index (χ0) is 12.6. The third kappa shape index (κ3) is 2.31. The third-order valence-corrected chi connectivity index (χ3v) is 3.37. The van der Waals surface area contributed by atoms with Crippen molar-refractivity contribution < 1.29 is 9.90 Å². The largest absolute Gasteiger partial charge is 0.390 e. The van der Waals surface area contributed by atoms with Crippen molar-refractivity contribution in [3.8, 4) is 0 Å². The second-order valence-electron chi connectivity index (χ2n) is 4.36. The van der Waals surface area contributed by atoms with Crippen LogP contribution in [0, 0.1) is 0 Å². The highest BCUT2D eigenvalue weighted by molar-refractivity contribution is 6.31. The van der Waals surface area contributed by atoms with Gasteiger partial charge in [0.05, 0.1) is 17.2 Å². The number of carbonyl (C=O) groups is 1. The topological polar surface area (TPSA) is 57.5 Å². The van der Waals surface area contributed by atoms with Gasteiger partial charge in [-0.2, -0.15) is 0 Å². The molecule has 1 amide bonds. The van der Waals surface area contributed by atoms with Crippen LogP contribution in [0.1, 0.15) is 10.5 Å². The Kier molecular flexibility index (Phi) is 3.42. The van der Waals surface area contributed by atoms with Crippen LogP contribution in [0.15, 0.2) is 12.3 Å². The maximum Gasteiger partial charge on any atom is 0.270 e. The van der Waals surface area contributed by atoms with Gasteiger partial charge in [0, 0.05) is 33.4 Å². The molecule has 0 aliphatic carbocycles. The molecule has 1 aliphatic heterocycles. The first-order valence-corrected chi connectivity index (χ1v) is 5.86. The Labute approximate surface area is 105 Å². The second kappa shape index (κ2) is 4.68. The number of rotatable bonds is 2. The van der Waals surface area contributed by atoms with Crippen LogP contribution in [0.4, 0.5) is 0 Å². The average Bonchev–Trinajstić information content (AvgIpc) is 2.82. The van der Waals surface area contributed by atoms with Gasteiger partial charge in [-0.3, -0.25) is 4.79 Å². The highest BCUT2D eigenvalue weighted by Crippen LogP contribution is 2.17. The minimum Gasteiger partial charge on any atom is -0.390 e. The van der Waals surface area contributed by atoms with E-state index in [4.69, 9.17) is 11.6 Å². The van der Waals surface area contributed by atoms with Crippen LogP contribution in [0.5, 0.6) is 0 Å². The first kappa shape index (κ1) is 12.4. The number of aryl methyl sites for hydroxylation is 1. The van der Waals surface area contributed by atoms with Gasteiger partial charge >= 0.3 is 0 Å². The van der Waals surface area contributed by atoms with Gasteiger partial charge in [0.1, 0.15) is 5.69 Å². The monoisotopic (exact) mass is 257 g/mol. The van der Waals surface area contributed by atoms with Gasteiger partial charge in [-0.25, -0.2) is 0 Å². The van der Waals surface area contributed by atoms with Crippen molar-refractivity contribution in [2.45, 2.75) is 12.1 Å². The lowest BCUT2D eigenvalue weighted by atomic mass is 10.2. The highest BCUT2D eigenvalue weighted by atomic mass is 35.5. The Morgan fingerprint density at radius 1 is 1.65 bits per heavy atom. The van der Waals surface area contributed by atoms with Crippen LogP contribution in [-0.2, 0) is 7.05 Å². The summed E-state index contributed by atoms with van der Waals surface area (Å²) in [6, 6.07) is 1.45.